The SMILES string of the molecule is Cc1cccc(-c2nc(C(=O)Nc3ccccc3)nn2-c2cc(Cl)ccc2C)c1. The molecule has 1 amide bonds. The van der Waals surface area contributed by atoms with Crippen LogP contribution in [0.5, 0.6) is 0 Å². The standard InChI is InChI=1S/C23H19ClN4O/c1-15-7-6-8-17(13-15)22-26-21(23(29)25-19-9-4-3-5-10-19)27-28(22)20-14-18(24)12-11-16(20)2/h3-14H,1-2H3,(H,25,29). The van der Waals surface area contributed by atoms with Crippen molar-refractivity contribution < 1.29 is 4.79 Å². The molecule has 0 saturated carbocycles. The summed E-state index contributed by atoms with van der Waals surface area (Å²) in [5.74, 6) is 0.297. The number of nitrogens with zero attached hydrogens (tertiary/aromatic N) is 3. The van der Waals surface area contributed by atoms with Crippen LogP contribution in [0.1, 0.15) is 21.7 Å². The van der Waals surface area contributed by atoms with Crippen molar-refractivity contribution in [2.24, 2.45) is 0 Å². The van der Waals surface area contributed by atoms with Gasteiger partial charge in [-0.1, -0.05) is 59.6 Å². The van der Waals surface area contributed by atoms with Crippen LogP contribution in [0.4, 0.5) is 5.69 Å². The maximum atomic E-state index is 12.8. The number of hydrogen-bond acceptors (Lipinski definition) is 3. The van der Waals surface area contributed by atoms with Crippen molar-refractivity contribution in [2.45, 2.75) is 13.8 Å². The number of nitrogens with one attached hydrogen (secondary N) is 1. The highest BCUT2D eigenvalue weighted by molar-refractivity contribution is 6.30. The van der Waals surface area contributed by atoms with Gasteiger partial charge in [0, 0.05) is 16.3 Å². The number of aryl methyl sites for hydroxylation is 2. The van der Waals surface area contributed by atoms with E-state index in [1.807, 2.05) is 86.6 Å². The lowest BCUT2D eigenvalue weighted by Gasteiger charge is -2.10. The van der Waals surface area contributed by atoms with E-state index in [4.69, 9.17) is 11.6 Å². The third kappa shape index (κ3) is 4.05. The molecule has 1 N–H and O–H groups in total. The molecule has 1 heterocycles. The number of halogens is 1. The summed E-state index contributed by atoms with van der Waals surface area (Å²) in [6.07, 6.45) is 0. The molecule has 4 rings (SSSR count). The van der Waals surface area contributed by atoms with Crippen molar-refractivity contribution in [1.29, 1.82) is 0 Å². The Kier molecular flexibility index (Phi) is 5.14. The molecule has 0 spiro atoms. The van der Waals surface area contributed by atoms with Crippen LogP contribution in [-0.2, 0) is 0 Å². The van der Waals surface area contributed by atoms with Gasteiger partial charge in [0.25, 0.3) is 5.91 Å². The third-order valence-electron chi connectivity index (χ3n) is 4.52. The van der Waals surface area contributed by atoms with Gasteiger partial charge < -0.3 is 5.32 Å². The molecule has 4 aromatic rings. The maximum absolute atomic E-state index is 12.8. The van der Waals surface area contributed by atoms with Crippen molar-refractivity contribution >= 4 is 23.2 Å². The highest BCUT2D eigenvalue weighted by atomic mass is 35.5. The molecule has 0 radical (unpaired) electrons. The van der Waals surface area contributed by atoms with Crippen LogP contribution in [0.15, 0.2) is 72.8 Å². The fraction of sp³-hybridized carbons (Fsp3) is 0.0870. The van der Waals surface area contributed by atoms with Gasteiger partial charge in [-0.05, 0) is 49.7 Å². The van der Waals surface area contributed by atoms with Crippen LogP contribution < -0.4 is 5.32 Å². The molecule has 3 aromatic carbocycles. The monoisotopic (exact) mass is 402 g/mol. The zero-order valence-electron chi connectivity index (χ0n) is 16.1. The number of amides is 1. The highest BCUT2D eigenvalue weighted by Gasteiger charge is 2.20. The molecule has 0 aliphatic carbocycles. The van der Waals surface area contributed by atoms with E-state index in [0.29, 0.717) is 16.5 Å². The second-order valence-corrected chi connectivity index (χ2v) is 7.23. The van der Waals surface area contributed by atoms with E-state index in [0.717, 1.165) is 22.4 Å². The summed E-state index contributed by atoms with van der Waals surface area (Å²) < 4.78 is 1.68. The summed E-state index contributed by atoms with van der Waals surface area (Å²) in [4.78, 5) is 17.3. The summed E-state index contributed by atoms with van der Waals surface area (Å²) in [6, 6.07) is 22.7. The number of anilines is 1. The van der Waals surface area contributed by atoms with Crippen molar-refractivity contribution in [3.63, 3.8) is 0 Å². The van der Waals surface area contributed by atoms with E-state index in [1.165, 1.54) is 0 Å². The molecular weight excluding hydrogens is 384 g/mol. The molecule has 29 heavy (non-hydrogen) atoms. The Morgan fingerprint density at radius 2 is 1.76 bits per heavy atom. The first kappa shape index (κ1) is 18.9. The zero-order valence-corrected chi connectivity index (χ0v) is 16.8. The zero-order chi connectivity index (χ0) is 20.4. The van der Waals surface area contributed by atoms with E-state index in [2.05, 4.69) is 15.4 Å². The topological polar surface area (TPSA) is 59.8 Å². The average molecular weight is 403 g/mol. The molecule has 144 valence electrons. The van der Waals surface area contributed by atoms with Crippen LogP contribution in [0.25, 0.3) is 17.1 Å². The van der Waals surface area contributed by atoms with E-state index in [-0.39, 0.29) is 11.7 Å². The summed E-state index contributed by atoms with van der Waals surface area (Å²) in [5, 5.41) is 7.94. The van der Waals surface area contributed by atoms with Gasteiger partial charge in [-0.2, -0.15) is 0 Å². The lowest BCUT2D eigenvalue weighted by Crippen LogP contribution is -2.14. The van der Waals surface area contributed by atoms with Gasteiger partial charge >= 0.3 is 0 Å². The van der Waals surface area contributed by atoms with Gasteiger partial charge in [0.15, 0.2) is 5.82 Å². The van der Waals surface area contributed by atoms with Gasteiger partial charge in [0.05, 0.1) is 5.69 Å². The molecule has 0 fully saturated rings. The number of aromatic nitrogens is 3. The van der Waals surface area contributed by atoms with Crippen molar-refractivity contribution in [3.05, 3.63) is 94.8 Å². The van der Waals surface area contributed by atoms with Gasteiger partial charge in [-0.25, -0.2) is 9.67 Å². The molecular formula is C23H19ClN4O. The molecule has 0 unspecified atom stereocenters. The minimum atomic E-state index is -0.372. The Balaban J connectivity index is 1.82. The Morgan fingerprint density at radius 1 is 0.966 bits per heavy atom. The second-order valence-electron chi connectivity index (χ2n) is 6.79. The van der Waals surface area contributed by atoms with Gasteiger partial charge in [0.1, 0.15) is 0 Å². The lowest BCUT2D eigenvalue weighted by atomic mass is 10.1. The fourth-order valence-electron chi connectivity index (χ4n) is 3.07. The Hall–Kier alpha value is -3.44. The molecule has 0 aliphatic heterocycles. The Labute approximate surface area is 174 Å². The van der Waals surface area contributed by atoms with Crippen molar-refractivity contribution in [3.8, 4) is 17.1 Å². The minimum Gasteiger partial charge on any atom is -0.319 e. The summed E-state index contributed by atoms with van der Waals surface area (Å²) in [6.45, 7) is 3.98. The molecule has 0 atom stereocenters. The first-order valence-electron chi connectivity index (χ1n) is 9.18. The number of carbonyl (C=O) groups excluding carboxylic acids is 1. The summed E-state index contributed by atoms with van der Waals surface area (Å²) >= 11 is 6.23. The average Bonchev–Trinajstić information content (AvgIpc) is 3.16. The highest BCUT2D eigenvalue weighted by Crippen LogP contribution is 2.26. The largest absolute Gasteiger partial charge is 0.319 e. The summed E-state index contributed by atoms with van der Waals surface area (Å²) in [5.41, 5.74) is 4.40. The van der Waals surface area contributed by atoms with Gasteiger partial charge in [0.2, 0.25) is 5.82 Å². The summed E-state index contributed by atoms with van der Waals surface area (Å²) in [7, 11) is 0. The van der Waals surface area contributed by atoms with Gasteiger partial charge in [-0.15, -0.1) is 5.10 Å². The predicted octanol–water partition coefficient (Wildman–Crippen LogP) is 5.46. The van der Waals surface area contributed by atoms with E-state index in [1.54, 1.807) is 4.68 Å². The van der Waals surface area contributed by atoms with Crippen molar-refractivity contribution in [2.75, 3.05) is 5.32 Å². The number of hydrogen-bond donors (Lipinski definition) is 1. The Bertz CT molecular complexity index is 1180. The van der Waals surface area contributed by atoms with Crippen LogP contribution in [-0.4, -0.2) is 20.7 Å². The van der Waals surface area contributed by atoms with Crippen molar-refractivity contribution in [1.82, 2.24) is 14.8 Å². The quantitative estimate of drug-likeness (QED) is 0.493. The van der Waals surface area contributed by atoms with Gasteiger partial charge in [-0.3, -0.25) is 4.79 Å². The van der Waals surface area contributed by atoms with E-state index >= 15 is 0 Å². The smallest absolute Gasteiger partial charge is 0.295 e. The molecule has 6 heteroatoms. The van der Waals surface area contributed by atoms with Crippen LogP contribution in [0.3, 0.4) is 0 Å². The molecule has 1 aromatic heterocycles. The Morgan fingerprint density at radius 3 is 2.52 bits per heavy atom. The van der Waals surface area contributed by atoms with E-state index in [9.17, 15) is 4.79 Å². The molecule has 0 aliphatic rings. The first-order valence-corrected chi connectivity index (χ1v) is 9.56. The second kappa shape index (κ2) is 7.89. The normalized spacial score (nSPS) is 10.7. The van der Waals surface area contributed by atoms with E-state index < -0.39 is 0 Å². The number of para-hydroxylation sites is 1. The number of carbonyl (C=O) groups is 1. The molecule has 0 bridgehead atoms. The lowest BCUT2D eigenvalue weighted by molar-refractivity contribution is 0.101. The maximum Gasteiger partial charge on any atom is 0.295 e. The first-order chi connectivity index (χ1) is 14.0. The third-order valence-corrected chi connectivity index (χ3v) is 4.75. The number of rotatable bonds is 4. The number of benzene rings is 3. The van der Waals surface area contributed by atoms with Crippen LogP contribution in [0, 0.1) is 13.8 Å². The molecule has 0 saturated heterocycles. The predicted molar refractivity (Wildman–Crippen MR) is 116 cm³/mol. The molecule has 5 nitrogen and oxygen atoms in total. The minimum absolute atomic E-state index is 0.0877. The van der Waals surface area contributed by atoms with Crippen LogP contribution >= 0.6 is 11.6 Å². The fourth-order valence-corrected chi connectivity index (χ4v) is 3.23. The van der Waals surface area contributed by atoms with Crippen LogP contribution in [0.2, 0.25) is 5.02 Å².